The maximum atomic E-state index is 5.36. The van der Waals surface area contributed by atoms with Crippen LogP contribution in [0.1, 0.15) is 6.42 Å². The smallest absolute Gasteiger partial charge is 0.137 e. The van der Waals surface area contributed by atoms with Crippen LogP contribution in [0, 0.1) is 0 Å². The van der Waals surface area contributed by atoms with Gasteiger partial charge in [0.15, 0.2) is 0 Å². The van der Waals surface area contributed by atoms with E-state index in [9.17, 15) is 0 Å². The number of morpholine rings is 1. The molecule has 3 rings (SSSR count). The first-order chi connectivity index (χ1) is 10.9. The molecule has 0 amide bonds. The highest BCUT2D eigenvalue weighted by Crippen LogP contribution is 2.24. The van der Waals surface area contributed by atoms with E-state index in [1.807, 2.05) is 18.2 Å². The molecule has 1 aromatic carbocycles. The zero-order valence-electron chi connectivity index (χ0n) is 12.9. The minimum Gasteiger partial charge on any atom is -0.497 e. The molecule has 0 aliphatic carbocycles. The van der Waals surface area contributed by atoms with Gasteiger partial charge in [-0.1, -0.05) is 0 Å². The van der Waals surface area contributed by atoms with E-state index in [-0.39, 0.29) is 0 Å². The van der Waals surface area contributed by atoms with Crippen LogP contribution in [0.2, 0.25) is 0 Å². The highest BCUT2D eigenvalue weighted by atomic mass is 16.5. The molecular weight excluding hydrogens is 280 g/mol. The van der Waals surface area contributed by atoms with Crippen molar-refractivity contribution in [1.82, 2.24) is 14.9 Å². The Morgan fingerprint density at radius 2 is 2.14 bits per heavy atom. The number of nitrogens with zero attached hydrogens (tertiary/aromatic N) is 3. The minimum absolute atomic E-state index is 0.818. The summed E-state index contributed by atoms with van der Waals surface area (Å²) in [6.07, 6.45) is 2.68. The molecule has 6 heteroatoms. The molecule has 2 heterocycles. The molecule has 0 spiro atoms. The second-order valence-corrected chi connectivity index (χ2v) is 5.34. The van der Waals surface area contributed by atoms with Crippen molar-refractivity contribution in [3.63, 3.8) is 0 Å². The Bertz CT molecular complexity index is 614. The SMILES string of the molecule is COc1ccc2ncnc(NCCCN3CCOCC3)c2c1. The minimum atomic E-state index is 0.818. The summed E-state index contributed by atoms with van der Waals surface area (Å²) in [5.41, 5.74) is 0.923. The fraction of sp³-hybridized carbons (Fsp3) is 0.500. The summed E-state index contributed by atoms with van der Waals surface area (Å²) in [5, 5.41) is 4.41. The number of methoxy groups -OCH3 is 1. The third kappa shape index (κ3) is 3.64. The van der Waals surface area contributed by atoms with Crippen LogP contribution < -0.4 is 10.1 Å². The third-order valence-electron chi connectivity index (χ3n) is 3.89. The Morgan fingerprint density at radius 3 is 2.95 bits per heavy atom. The van der Waals surface area contributed by atoms with Crippen molar-refractivity contribution >= 4 is 16.7 Å². The van der Waals surface area contributed by atoms with Crippen molar-refractivity contribution in [2.45, 2.75) is 6.42 Å². The molecule has 0 saturated carbocycles. The molecule has 0 radical (unpaired) electrons. The molecule has 2 aromatic rings. The fourth-order valence-electron chi connectivity index (χ4n) is 2.64. The number of ether oxygens (including phenoxy) is 2. The summed E-state index contributed by atoms with van der Waals surface area (Å²) < 4.78 is 10.6. The maximum absolute atomic E-state index is 5.36. The molecule has 0 unspecified atom stereocenters. The molecule has 1 aliphatic rings. The van der Waals surface area contributed by atoms with Crippen LogP contribution in [0.15, 0.2) is 24.5 Å². The fourth-order valence-corrected chi connectivity index (χ4v) is 2.64. The lowest BCUT2D eigenvalue weighted by Gasteiger charge is -2.26. The van der Waals surface area contributed by atoms with E-state index in [0.29, 0.717) is 0 Å². The Labute approximate surface area is 130 Å². The van der Waals surface area contributed by atoms with E-state index in [1.54, 1.807) is 13.4 Å². The number of nitrogens with one attached hydrogen (secondary N) is 1. The van der Waals surface area contributed by atoms with Gasteiger partial charge in [0.05, 0.1) is 25.8 Å². The number of benzene rings is 1. The first-order valence-corrected chi connectivity index (χ1v) is 7.69. The van der Waals surface area contributed by atoms with E-state index in [2.05, 4.69) is 20.2 Å². The van der Waals surface area contributed by atoms with Gasteiger partial charge in [0.2, 0.25) is 0 Å². The van der Waals surface area contributed by atoms with Crippen molar-refractivity contribution in [3.8, 4) is 5.75 Å². The Morgan fingerprint density at radius 1 is 1.27 bits per heavy atom. The van der Waals surface area contributed by atoms with Crippen molar-refractivity contribution in [2.24, 2.45) is 0 Å². The number of rotatable bonds is 6. The standard InChI is InChI=1S/C16H22N4O2/c1-21-13-3-4-15-14(11-13)16(19-12-18-15)17-5-2-6-20-7-9-22-10-8-20/h3-4,11-12H,2,5-10H2,1H3,(H,17,18,19). The second kappa shape index (κ2) is 7.38. The molecule has 1 saturated heterocycles. The van der Waals surface area contributed by atoms with Crippen LogP contribution in [0.4, 0.5) is 5.82 Å². The van der Waals surface area contributed by atoms with Crippen LogP contribution in [0.3, 0.4) is 0 Å². The molecule has 0 bridgehead atoms. The van der Waals surface area contributed by atoms with Crippen molar-refractivity contribution in [1.29, 1.82) is 0 Å². The van der Waals surface area contributed by atoms with Crippen LogP contribution in [-0.4, -0.2) is 61.4 Å². The van der Waals surface area contributed by atoms with Crippen molar-refractivity contribution in [3.05, 3.63) is 24.5 Å². The molecule has 6 nitrogen and oxygen atoms in total. The molecule has 1 aromatic heterocycles. The monoisotopic (exact) mass is 302 g/mol. The summed E-state index contributed by atoms with van der Waals surface area (Å²) in [6, 6.07) is 5.84. The van der Waals surface area contributed by atoms with Crippen LogP contribution in [0.5, 0.6) is 5.75 Å². The number of hydrogen-bond donors (Lipinski definition) is 1. The Kier molecular flexibility index (Phi) is 5.03. The van der Waals surface area contributed by atoms with E-state index < -0.39 is 0 Å². The number of aromatic nitrogens is 2. The summed E-state index contributed by atoms with van der Waals surface area (Å²) in [7, 11) is 1.67. The zero-order valence-corrected chi connectivity index (χ0v) is 12.9. The van der Waals surface area contributed by atoms with Crippen LogP contribution in [-0.2, 0) is 4.74 Å². The molecule has 0 atom stereocenters. The molecular formula is C16H22N4O2. The van der Waals surface area contributed by atoms with E-state index in [4.69, 9.17) is 9.47 Å². The number of anilines is 1. The Balaban J connectivity index is 1.58. The third-order valence-corrected chi connectivity index (χ3v) is 3.89. The topological polar surface area (TPSA) is 59.5 Å². The molecule has 118 valence electrons. The predicted molar refractivity (Wildman–Crippen MR) is 86.5 cm³/mol. The van der Waals surface area contributed by atoms with Gasteiger partial charge >= 0.3 is 0 Å². The van der Waals surface area contributed by atoms with Gasteiger partial charge < -0.3 is 14.8 Å². The quantitative estimate of drug-likeness (QED) is 0.821. The highest BCUT2D eigenvalue weighted by Gasteiger charge is 2.09. The molecule has 22 heavy (non-hydrogen) atoms. The van der Waals surface area contributed by atoms with E-state index >= 15 is 0 Å². The van der Waals surface area contributed by atoms with Crippen LogP contribution >= 0.6 is 0 Å². The molecule has 1 aliphatic heterocycles. The first kappa shape index (κ1) is 15.0. The summed E-state index contributed by atoms with van der Waals surface area (Å²) in [6.45, 7) is 5.75. The first-order valence-electron chi connectivity index (χ1n) is 7.69. The van der Waals surface area contributed by atoms with Crippen molar-refractivity contribution in [2.75, 3.05) is 51.8 Å². The van der Waals surface area contributed by atoms with Gasteiger partial charge in [0, 0.05) is 25.0 Å². The van der Waals surface area contributed by atoms with Gasteiger partial charge in [-0.3, -0.25) is 4.90 Å². The normalized spacial score (nSPS) is 15.9. The van der Waals surface area contributed by atoms with Crippen LogP contribution in [0.25, 0.3) is 10.9 Å². The van der Waals surface area contributed by atoms with E-state index in [1.165, 1.54) is 0 Å². The lowest BCUT2D eigenvalue weighted by atomic mass is 10.2. The Hall–Kier alpha value is -1.92. The van der Waals surface area contributed by atoms with Gasteiger partial charge in [0.1, 0.15) is 17.9 Å². The van der Waals surface area contributed by atoms with Gasteiger partial charge in [-0.25, -0.2) is 9.97 Å². The lowest BCUT2D eigenvalue weighted by Crippen LogP contribution is -2.37. The summed E-state index contributed by atoms with van der Waals surface area (Å²) in [5.74, 6) is 1.68. The number of hydrogen-bond acceptors (Lipinski definition) is 6. The average molecular weight is 302 g/mol. The number of fused-ring (bicyclic) bond motifs is 1. The lowest BCUT2D eigenvalue weighted by molar-refractivity contribution is 0.0378. The maximum Gasteiger partial charge on any atom is 0.137 e. The zero-order chi connectivity index (χ0) is 15.2. The second-order valence-electron chi connectivity index (χ2n) is 5.34. The van der Waals surface area contributed by atoms with Gasteiger partial charge in [-0.15, -0.1) is 0 Å². The van der Waals surface area contributed by atoms with E-state index in [0.717, 1.165) is 68.3 Å². The average Bonchev–Trinajstić information content (AvgIpc) is 2.59. The van der Waals surface area contributed by atoms with Gasteiger partial charge in [-0.05, 0) is 31.2 Å². The molecule has 1 N–H and O–H groups in total. The largest absolute Gasteiger partial charge is 0.497 e. The van der Waals surface area contributed by atoms with Gasteiger partial charge in [0.25, 0.3) is 0 Å². The predicted octanol–water partition coefficient (Wildman–Crippen LogP) is 1.77. The summed E-state index contributed by atoms with van der Waals surface area (Å²) >= 11 is 0. The molecule has 1 fully saturated rings. The summed E-state index contributed by atoms with van der Waals surface area (Å²) in [4.78, 5) is 11.1. The van der Waals surface area contributed by atoms with Crippen molar-refractivity contribution < 1.29 is 9.47 Å². The van der Waals surface area contributed by atoms with Gasteiger partial charge in [-0.2, -0.15) is 0 Å². The highest BCUT2D eigenvalue weighted by molar-refractivity contribution is 5.89.